The van der Waals surface area contributed by atoms with Crippen LogP contribution in [0.15, 0.2) is 62.8 Å². The molecule has 0 amide bonds. The van der Waals surface area contributed by atoms with Gasteiger partial charge in [-0.05, 0) is 30.3 Å². The third kappa shape index (κ3) is 4.49. The van der Waals surface area contributed by atoms with Gasteiger partial charge >= 0.3 is 11.9 Å². The van der Waals surface area contributed by atoms with Gasteiger partial charge in [0.15, 0.2) is 11.5 Å². The highest BCUT2D eigenvalue weighted by Crippen LogP contribution is 2.44. The maximum absolute atomic E-state index is 13.3. The summed E-state index contributed by atoms with van der Waals surface area (Å²) in [6.07, 6.45) is 0. The number of carbonyl (C=O) groups excluding carboxylic acids is 2. The van der Waals surface area contributed by atoms with Crippen LogP contribution >= 0.6 is 15.9 Å². The van der Waals surface area contributed by atoms with Crippen molar-refractivity contribution in [2.45, 2.75) is 23.6 Å². The Kier molecular flexibility index (Phi) is 6.34. The van der Waals surface area contributed by atoms with Crippen molar-refractivity contribution in [3.8, 4) is 17.2 Å². The Bertz CT molecular complexity index is 1120. The van der Waals surface area contributed by atoms with E-state index >= 15 is 0 Å². The summed E-state index contributed by atoms with van der Waals surface area (Å²) in [7, 11) is -0.165. The molecule has 3 rings (SSSR count). The van der Waals surface area contributed by atoms with Crippen molar-refractivity contribution in [3.05, 3.63) is 53.0 Å². The van der Waals surface area contributed by atoms with Crippen LogP contribution in [0, 0.1) is 0 Å². The van der Waals surface area contributed by atoms with Crippen molar-refractivity contribution in [1.82, 2.24) is 0 Å². The molecule has 0 aliphatic rings. The van der Waals surface area contributed by atoms with Crippen molar-refractivity contribution in [2.24, 2.45) is 0 Å². The van der Waals surface area contributed by atoms with Crippen LogP contribution in [0.25, 0.3) is 10.8 Å². The zero-order valence-electron chi connectivity index (χ0n) is 15.9. The minimum atomic E-state index is -1.58. The van der Waals surface area contributed by atoms with Crippen LogP contribution in [0.4, 0.5) is 0 Å². The van der Waals surface area contributed by atoms with Crippen molar-refractivity contribution < 1.29 is 28.0 Å². The van der Waals surface area contributed by atoms with Crippen LogP contribution in [-0.2, 0) is 20.4 Å². The molecule has 1 atom stereocenters. The molecule has 8 heteroatoms. The van der Waals surface area contributed by atoms with Gasteiger partial charge in [-0.2, -0.15) is 0 Å². The van der Waals surface area contributed by atoms with E-state index in [1.165, 1.54) is 27.0 Å². The van der Waals surface area contributed by atoms with Crippen LogP contribution < -0.4 is 14.2 Å². The Morgan fingerprint density at radius 1 is 0.931 bits per heavy atom. The summed E-state index contributed by atoms with van der Waals surface area (Å²) in [6.45, 7) is 2.54. The highest BCUT2D eigenvalue weighted by Gasteiger charge is 2.22. The molecule has 0 aromatic heterocycles. The second kappa shape index (κ2) is 8.75. The SMILES string of the molecule is COc1cc(OC(C)=O)c2c(S(=O)c3ccc(Br)cc3)cccc2c1OC(C)=O. The minimum absolute atomic E-state index is 0.167. The molecule has 150 valence electrons. The average molecular weight is 477 g/mol. The second-order valence-corrected chi connectivity index (χ2v) is 8.36. The fraction of sp³-hybridized carbons (Fsp3) is 0.143. The lowest BCUT2D eigenvalue weighted by Crippen LogP contribution is -2.07. The molecule has 29 heavy (non-hydrogen) atoms. The van der Waals surface area contributed by atoms with Gasteiger partial charge in [-0.3, -0.25) is 9.59 Å². The highest BCUT2D eigenvalue weighted by atomic mass is 79.9. The van der Waals surface area contributed by atoms with Gasteiger partial charge < -0.3 is 14.2 Å². The Labute approximate surface area is 178 Å². The summed E-state index contributed by atoms with van der Waals surface area (Å²) in [5.41, 5.74) is 0. The van der Waals surface area contributed by atoms with Crippen LogP contribution in [0.1, 0.15) is 13.8 Å². The first kappa shape index (κ1) is 21.0. The Morgan fingerprint density at radius 2 is 1.59 bits per heavy atom. The van der Waals surface area contributed by atoms with Gasteiger partial charge in [0.25, 0.3) is 0 Å². The van der Waals surface area contributed by atoms with Gasteiger partial charge in [-0.25, -0.2) is 4.21 Å². The first-order valence-corrected chi connectivity index (χ1v) is 10.4. The summed E-state index contributed by atoms with van der Waals surface area (Å²) in [4.78, 5) is 24.3. The lowest BCUT2D eigenvalue weighted by molar-refractivity contribution is -0.133. The molecule has 0 aliphatic heterocycles. The van der Waals surface area contributed by atoms with Crippen molar-refractivity contribution in [3.63, 3.8) is 0 Å². The molecule has 0 saturated heterocycles. The molecule has 0 fully saturated rings. The molecule has 0 saturated carbocycles. The molecule has 0 bridgehead atoms. The van der Waals surface area contributed by atoms with E-state index in [-0.39, 0.29) is 17.2 Å². The summed E-state index contributed by atoms with van der Waals surface area (Å²) in [5.74, 6) is -0.528. The van der Waals surface area contributed by atoms with Crippen LogP contribution in [0.2, 0.25) is 0 Å². The Balaban J connectivity index is 2.33. The summed E-state index contributed by atoms with van der Waals surface area (Å²) < 4.78 is 30.2. The standard InChI is InChI=1S/C21H17BrO6S/c1-12(23)27-17-11-18(26-3)21(28-13(2)24)16-5-4-6-19(20(16)17)29(25)15-9-7-14(22)8-10-15/h4-11H,1-3H3. The van der Waals surface area contributed by atoms with E-state index in [1.54, 1.807) is 42.5 Å². The van der Waals surface area contributed by atoms with E-state index in [0.717, 1.165) is 4.47 Å². The number of esters is 2. The number of hydrogen-bond acceptors (Lipinski definition) is 6. The normalized spacial score (nSPS) is 11.7. The number of fused-ring (bicyclic) bond motifs is 1. The number of carbonyl (C=O) groups is 2. The molecular formula is C21H17BrO6S. The average Bonchev–Trinajstić information content (AvgIpc) is 2.68. The van der Waals surface area contributed by atoms with Crippen LogP contribution in [0.5, 0.6) is 17.2 Å². The molecular weight excluding hydrogens is 460 g/mol. The number of methoxy groups -OCH3 is 1. The number of ether oxygens (including phenoxy) is 3. The number of rotatable bonds is 5. The van der Waals surface area contributed by atoms with Gasteiger partial charge in [-0.15, -0.1) is 0 Å². The predicted molar refractivity (Wildman–Crippen MR) is 112 cm³/mol. The lowest BCUT2D eigenvalue weighted by Gasteiger charge is -2.17. The lowest BCUT2D eigenvalue weighted by atomic mass is 10.1. The number of benzene rings is 3. The monoisotopic (exact) mass is 476 g/mol. The molecule has 0 aliphatic carbocycles. The van der Waals surface area contributed by atoms with E-state index in [2.05, 4.69) is 15.9 Å². The maximum atomic E-state index is 13.3. The topological polar surface area (TPSA) is 78.9 Å². The van der Waals surface area contributed by atoms with Gasteiger partial charge in [0, 0.05) is 40.1 Å². The zero-order valence-corrected chi connectivity index (χ0v) is 18.3. The molecule has 0 N–H and O–H groups in total. The Morgan fingerprint density at radius 3 is 2.17 bits per heavy atom. The first-order valence-electron chi connectivity index (χ1n) is 8.49. The van der Waals surface area contributed by atoms with Crippen molar-refractivity contribution in [2.75, 3.05) is 7.11 Å². The first-order chi connectivity index (χ1) is 13.8. The molecule has 3 aromatic rings. The zero-order chi connectivity index (χ0) is 21.1. The molecule has 3 aromatic carbocycles. The molecule has 0 radical (unpaired) electrons. The molecule has 0 spiro atoms. The highest BCUT2D eigenvalue weighted by molar-refractivity contribution is 9.10. The van der Waals surface area contributed by atoms with Crippen molar-refractivity contribution >= 4 is 49.4 Å². The van der Waals surface area contributed by atoms with Crippen molar-refractivity contribution in [1.29, 1.82) is 0 Å². The van der Waals surface area contributed by atoms with Crippen LogP contribution in [-0.4, -0.2) is 23.3 Å². The third-order valence-electron chi connectivity index (χ3n) is 3.95. The Hall–Kier alpha value is -2.71. The van der Waals surface area contributed by atoms with E-state index in [1.807, 2.05) is 0 Å². The van der Waals surface area contributed by atoms with Gasteiger partial charge in [0.1, 0.15) is 5.75 Å². The summed E-state index contributed by atoms with van der Waals surface area (Å²) in [6, 6.07) is 13.6. The smallest absolute Gasteiger partial charge is 0.308 e. The number of hydrogen-bond donors (Lipinski definition) is 0. The molecule has 1 unspecified atom stereocenters. The summed E-state index contributed by atoms with van der Waals surface area (Å²) >= 11 is 3.36. The largest absolute Gasteiger partial charge is 0.493 e. The minimum Gasteiger partial charge on any atom is -0.493 e. The summed E-state index contributed by atoms with van der Waals surface area (Å²) in [5, 5.41) is 0.847. The fourth-order valence-electron chi connectivity index (χ4n) is 2.84. The van der Waals surface area contributed by atoms with Crippen LogP contribution in [0.3, 0.4) is 0 Å². The molecule has 0 heterocycles. The second-order valence-electron chi connectivity index (χ2n) is 5.99. The quantitative estimate of drug-likeness (QED) is 0.394. The van der Waals surface area contributed by atoms with Gasteiger partial charge in [0.05, 0.1) is 22.8 Å². The van der Waals surface area contributed by atoms with Gasteiger partial charge in [0.2, 0.25) is 0 Å². The van der Waals surface area contributed by atoms with E-state index in [4.69, 9.17) is 14.2 Å². The maximum Gasteiger partial charge on any atom is 0.308 e. The van der Waals surface area contributed by atoms with E-state index in [0.29, 0.717) is 20.6 Å². The number of halogens is 1. The van der Waals surface area contributed by atoms with E-state index in [9.17, 15) is 13.8 Å². The predicted octanol–water partition coefficient (Wildman–Crippen LogP) is 4.63. The van der Waals surface area contributed by atoms with E-state index < -0.39 is 22.7 Å². The third-order valence-corrected chi connectivity index (χ3v) is 5.92. The van der Waals surface area contributed by atoms with Gasteiger partial charge in [-0.1, -0.05) is 28.1 Å². The fourth-order valence-corrected chi connectivity index (χ4v) is 4.34. The molecule has 6 nitrogen and oxygen atoms in total.